The molecule has 2 rings (SSSR count). The van der Waals surface area contributed by atoms with Crippen molar-refractivity contribution in [3.8, 4) is 0 Å². The summed E-state index contributed by atoms with van der Waals surface area (Å²) in [5, 5.41) is 11.3. The molecule has 2 N–H and O–H groups in total. The molecule has 5 nitrogen and oxygen atoms in total. The van der Waals surface area contributed by atoms with Gasteiger partial charge in [-0.1, -0.05) is 29.3 Å². The standard InChI is InChI=1S/C9H7Cl2N5/c10-7-2-1-3-8(11)6(7)4-13-15-9-12-5-14-16-9/h1-5H,(H2,12,14,15,16)/b13-4-. The van der Waals surface area contributed by atoms with Crippen molar-refractivity contribution < 1.29 is 0 Å². The molecular weight excluding hydrogens is 249 g/mol. The van der Waals surface area contributed by atoms with Crippen molar-refractivity contribution in [2.24, 2.45) is 5.10 Å². The van der Waals surface area contributed by atoms with E-state index in [0.29, 0.717) is 21.6 Å². The minimum atomic E-state index is 0.444. The lowest BCUT2D eigenvalue weighted by atomic mass is 10.2. The Hall–Kier alpha value is -1.59. The van der Waals surface area contributed by atoms with Crippen molar-refractivity contribution in [1.29, 1.82) is 0 Å². The van der Waals surface area contributed by atoms with Crippen molar-refractivity contribution in [2.75, 3.05) is 5.43 Å². The maximum absolute atomic E-state index is 5.95. The first kappa shape index (κ1) is 10.9. The van der Waals surface area contributed by atoms with Crippen LogP contribution in [-0.2, 0) is 0 Å². The SMILES string of the molecule is Clc1cccc(Cl)c1/C=N\Nc1ncn[nH]1. The molecule has 0 unspecified atom stereocenters. The van der Waals surface area contributed by atoms with Crippen molar-refractivity contribution >= 4 is 35.4 Å². The van der Waals surface area contributed by atoms with Gasteiger partial charge >= 0.3 is 0 Å². The van der Waals surface area contributed by atoms with Crippen LogP contribution < -0.4 is 5.43 Å². The first-order valence-corrected chi connectivity index (χ1v) is 5.11. The van der Waals surface area contributed by atoms with Gasteiger partial charge in [0.15, 0.2) is 0 Å². The van der Waals surface area contributed by atoms with Crippen LogP contribution in [0.5, 0.6) is 0 Å². The van der Waals surface area contributed by atoms with Crippen LogP contribution in [0.3, 0.4) is 0 Å². The molecule has 1 aromatic carbocycles. The second kappa shape index (κ2) is 4.96. The van der Waals surface area contributed by atoms with Gasteiger partial charge < -0.3 is 0 Å². The number of rotatable bonds is 3. The highest BCUT2D eigenvalue weighted by atomic mass is 35.5. The van der Waals surface area contributed by atoms with Gasteiger partial charge in [-0.2, -0.15) is 15.2 Å². The molecule has 1 aromatic heterocycles. The molecule has 0 saturated heterocycles. The Bertz CT molecular complexity index is 474. The Balaban J connectivity index is 2.12. The van der Waals surface area contributed by atoms with E-state index in [1.807, 2.05) is 0 Å². The summed E-state index contributed by atoms with van der Waals surface area (Å²) >= 11 is 11.9. The summed E-state index contributed by atoms with van der Waals surface area (Å²) in [7, 11) is 0. The van der Waals surface area contributed by atoms with E-state index in [4.69, 9.17) is 23.2 Å². The molecule has 82 valence electrons. The van der Waals surface area contributed by atoms with E-state index in [1.54, 1.807) is 18.2 Å². The van der Waals surface area contributed by atoms with E-state index in [2.05, 4.69) is 25.7 Å². The molecule has 0 amide bonds. The molecule has 0 atom stereocenters. The van der Waals surface area contributed by atoms with Gasteiger partial charge in [-0.15, -0.1) is 0 Å². The number of benzene rings is 1. The van der Waals surface area contributed by atoms with Crippen molar-refractivity contribution in [3.63, 3.8) is 0 Å². The van der Waals surface area contributed by atoms with E-state index in [-0.39, 0.29) is 0 Å². The third kappa shape index (κ3) is 2.50. The number of nitrogens with zero attached hydrogens (tertiary/aromatic N) is 3. The van der Waals surface area contributed by atoms with Gasteiger partial charge in [-0.05, 0) is 12.1 Å². The summed E-state index contributed by atoms with van der Waals surface area (Å²) in [5.74, 6) is 0.444. The number of anilines is 1. The molecule has 0 aliphatic carbocycles. The Morgan fingerprint density at radius 1 is 1.31 bits per heavy atom. The third-order valence-electron chi connectivity index (χ3n) is 1.78. The highest BCUT2D eigenvalue weighted by molar-refractivity contribution is 6.38. The van der Waals surface area contributed by atoms with Crippen LogP contribution in [0.25, 0.3) is 0 Å². The van der Waals surface area contributed by atoms with Crippen molar-refractivity contribution in [1.82, 2.24) is 15.2 Å². The second-order valence-electron chi connectivity index (χ2n) is 2.84. The van der Waals surface area contributed by atoms with E-state index in [1.165, 1.54) is 12.5 Å². The lowest BCUT2D eigenvalue weighted by Crippen LogP contribution is -1.93. The summed E-state index contributed by atoms with van der Waals surface area (Å²) in [5.41, 5.74) is 3.30. The fourth-order valence-electron chi connectivity index (χ4n) is 1.05. The quantitative estimate of drug-likeness (QED) is 0.655. The molecular formula is C9H7Cl2N5. The van der Waals surface area contributed by atoms with Gasteiger partial charge in [-0.3, -0.25) is 0 Å². The smallest absolute Gasteiger partial charge is 0.239 e. The molecule has 0 aliphatic heterocycles. The molecule has 0 saturated carbocycles. The van der Waals surface area contributed by atoms with Crippen LogP contribution in [-0.4, -0.2) is 21.4 Å². The Morgan fingerprint density at radius 3 is 2.69 bits per heavy atom. The zero-order valence-corrected chi connectivity index (χ0v) is 9.50. The average molecular weight is 256 g/mol. The van der Waals surface area contributed by atoms with Crippen molar-refractivity contribution in [3.05, 3.63) is 40.1 Å². The van der Waals surface area contributed by atoms with E-state index in [9.17, 15) is 0 Å². The molecule has 0 fully saturated rings. The van der Waals surface area contributed by atoms with Crippen LogP contribution in [0.2, 0.25) is 10.0 Å². The minimum Gasteiger partial charge on any atom is -0.246 e. The highest BCUT2D eigenvalue weighted by Gasteiger charge is 2.01. The fraction of sp³-hybridized carbons (Fsp3) is 0. The Morgan fingerprint density at radius 2 is 2.06 bits per heavy atom. The van der Waals surface area contributed by atoms with Gasteiger partial charge in [0.05, 0.1) is 16.3 Å². The zero-order valence-electron chi connectivity index (χ0n) is 7.98. The Labute approximate surface area is 101 Å². The average Bonchev–Trinajstić information content (AvgIpc) is 2.75. The Kier molecular flexibility index (Phi) is 3.38. The van der Waals surface area contributed by atoms with Gasteiger partial charge in [0.1, 0.15) is 6.33 Å². The van der Waals surface area contributed by atoms with Gasteiger partial charge in [0, 0.05) is 5.56 Å². The predicted molar refractivity (Wildman–Crippen MR) is 64.1 cm³/mol. The number of H-pyrrole nitrogens is 1. The van der Waals surface area contributed by atoms with Crippen molar-refractivity contribution in [2.45, 2.75) is 0 Å². The van der Waals surface area contributed by atoms with Gasteiger partial charge in [0.2, 0.25) is 5.95 Å². The normalized spacial score (nSPS) is 10.9. The summed E-state index contributed by atoms with van der Waals surface area (Å²) in [6.07, 6.45) is 2.90. The van der Waals surface area contributed by atoms with Crippen LogP contribution in [0.1, 0.15) is 5.56 Å². The molecule has 16 heavy (non-hydrogen) atoms. The van der Waals surface area contributed by atoms with Crippen LogP contribution in [0, 0.1) is 0 Å². The molecule has 0 radical (unpaired) electrons. The number of hydrazone groups is 1. The predicted octanol–water partition coefficient (Wildman–Crippen LogP) is 2.56. The first-order chi connectivity index (χ1) is 7.77. The maximum atomic E-state index is 5.95. The number of aromatic nitrogens is 3. The summed E-state index contributed by atoms with van der Waals surface area (Å²) in [6, 6.07) is 5.25. The number of hydrogen-bond acceptors (Lipinski definition) is 4. The van der Waals surface area contributed by atoms with Crippen LogP contribution in [0.4, 0.5) is 5.95 Å². The third-order valence-corrected chi connectivity index (χ3v) is 2.44. The maximum Gasteiger partial charge on any atom is 0.239 e. The minimum absolute atomic E-state index is 0.444. The van der Waals surface area contributed by atoms with E-state index < -0.39 is 0 Å². The van der Waals surface area contributed by atoms with Gasteiger partial charge in [-0.25, -0.2) is 10.5 Å². The molecule has 1 heterocycles. The lowest BCUT2D eigenvalue weighted by molar-refractivity contribution is 1.08. The number of halogens is 2. The molecule has 0 bridgehead atoms. The number of nitrogens with one attached hydrogen (secondary N) is 2. The lowest BCUT2D eigenvalue weighted by Gasteiger charge is -1.99. The second-order valence-corrected chi connectivity index (χ2v) is 3.65. The van der Waals surface area contributed by atoms with E-state index in [0.717, 1.165) is 0 Å². The number of aromatic amines is 1. The van der Waals surface area contributed by atoms with Crippen LogP contribution in [0.15, 0.2) is 29.6 Å². The number of hydrogen-bond donors (Lipinski definition) is 2. The monoisotopic (exact) mass is 255 g/mol. The fourth-order valence-corrected chi connectivity index (χ4v) is 1.55. The topological polar surface area (TPSA) is 66.0 Å². The van der Waals surface area contributed by atoms with Gasteiger partial charge in [0.25, 0.3) is 0 Å². The summed E-state index contributed by atoms with van der Waals surface area (Å²) in [6.45, 7) is 0. The largest absolute Gasteiger partial charge is 0.246 e. The molecule has 0 spiro atoms. The highest BCUT2D eigenvalue weighted by Crippen LogP contribution is 2.22. The molecule has 2 aromatic rings. The zero-order chi connectivity index (χ0) is 11.4. The van der Waals surface area contributed by atoms with E-state index >= 15 is 0 Å². The summed E-state index contributed by atoms with van der Waals surface area (Å²) < 4.78 is 0. The van der Waals surface area contributed by atoms with Crippen LogP contribution >= 0.6 is 23.2 Å². The molecule has 7 heteroatoms. The first-order valence-electron chi connectivity index (χ1n) is 4.36. The summed E-state index contributed by atoms with van der Waals surface area (Å²) in [4.78, 5) is 3.83. The molecule has 0 aliphatic rings.